The molecule has 1 saturated heterocycles. The Morgan fingerprint density at radius 1 is 1.40 bits per heavy atom. The number of hydrogen-bond donors (Lipinski definition) is 2. The van der Waals surface area contributed by atoms with Gasteiger partial charge in [-0.3, -0.25) is 4.98 Å². The summed E-state index contributed by atoms with van der Waals surface area (Å²) in [6.07, 6.45) is 2.46. The lowest BCUT2D eigenvalue weighted by Crippen LogP contribution is -2.42. The lowest BCUT2D eigenvalue weighted by molar-refractivity contribution is -0.689. The van der Waals surface area contributed by atoms with Crippen LogP contribution in [0.5, 0.6) is 0 Å². The molecule has 20 heavy (non-hydrogen) atoms. The third kappa shape index (κ3) is 1.83. The standard InChI is InChI=1S/C14H14N4OS/c20-14-17-16-12-10-5-1-2-6-11(10)15-13(12)18(14)8-9-4-3-7-19-9/h1-2,5-6,9H,3-4,7-8H2,(H,15,17,20)/p+1/t9-/m0/s1. The summed E-state index contributed by atoms with van der Waals surface area (Å²) in [6, 6.07) is 8.15. The molecule has 1 fully saturated rings. The highest BCUT2D eigenvalue weighted by Gasteiger charge is 2.22. The number of benzene rings is 1. The van der Waals surface area contributed by atoms with Crippen molar-refractivity contribution in [1.82, 2.24) is 15.2 Å². The number of fused-ring (bicyclic) bond motifs is 3. The van der Waals surface area contributed by atoms with E-state index in [1.54, 1.807) is 0 Å². The molecule has 1 aliphatic rings. The van der Waals surface area contributed by atoms with Crippen LogP contribution in [0.15, 0.2) is 24.3 Å². The smallest absolute Gasteiger partial charge is 0.314 e. The van der Waals surface area contributed by atoms with Gasteiger partial charge in [-0.1, -0.05) is 12.1 Å². The molecule has 0 aliphatic carbocycles. The van der Waals surface area contributed by atoms with Crippen molar-refractivity contribution in [3.05, 3.63) is 29.0 Å². The summed E-state index contributed by atoms with van der Waals surface area (Å²) in [5.74, 6) is 0. The molecule has 6 heteroatoms. The molecule has 3 aromatic rings. The van der Waals surface area contributed by atoms with Crippen molar-refractivity contribution in [1.29, 1.82) is 0 Å². The zero-order valence-electron chi connectivity index (χ0n) is 10.9. The van der Waals surface area contributed by atoms with E-state index in [0.29, 0.717) is 4.77 Å². The quantitative estimate of drug-likeness (QED) is 0.561. The van der Waals surface area contributed by atoms with Crippen LogP contribution in [0, 0.1) is 4.77 Å². The van der Waals surface area contributed by atoms with Gasteiger partial charge in [0.2, 0.25) is 0 Å². The van der Waals surface area contributed by atoms with Crippen LogP contribution in [0.3, 0.4) is 0 Å². The molecule has 4 rings (SSSR count). The average molecular weight is 287 g/mol. The van der Waals surface area contributed by atoms with Gasteiger partial charge in [-0.15, -0.1) is 5.10 Å². The third-order valence-corrected chi connectivity index (χ3v) is 4.16. The maximum atomic E-state index is 5.72. The van der Waals surface area contributed by atoms with Gasteiger partial charge in [0.1, 0.15) is 5.52 Å². The zero-order valence-corrected chi connectivity index (χ0v) is 11.7. The van der Waals surface area contributed by atoms with Crippen molar-refractivity contribution in [2.75, 3.05) is 6.61 Å². The zero-order chi connectivity index (χ0) is 13.5. The van der Waals surface area contributed by atoms with E-state index in [1.165, 1.54) is 0 Å². The number of nitrogens with one attached hydrogen (secondary N) is 2. The van der Waals surface area contributed by atoms with Gasteiger partial charge < -0.3 is 4.74 Å². The van der Waals surface area contributed by atoms with Crippen LogP contribution in [0.25, 0.3) is 22.1 Å². The SMILES string of the molecule is S=c1[nH]nc2c3ccccc3[nH]c2[n+]1C[C@@H]1CCCO1. The Balaban J connectivity index is 1.93. The number of hydrogen-bond acceptors (Lipinski definition) is 3. The fourth-order valence-corrected chi connectivity index (χ4v) is 3.06. The van der Waals surface area contributed by atoms with E-state index in [2.05, 4.69) is 31.9 Å². The maximum absolute atomic E-state index is 5.72. The van der Waals surface area contributed by atoms with Crippen molar-refractivity contribution in [2.24, 2.45) is 0 Å². The minimum atomic E-state index is 0.243. The number of ether oxygens (including phenoxy) is 1. The van der Waals surface area contributed by atoms with E-state index in [1.807, 2.05) is 12.1 Å². The number of para-hydroxylation sites is 1. The van der Waals surface area contributed by atoms with Gasteiger partial charge in [-0.25, -0.2) is 4.57 Å². The van der Waals surface area contributed by atoms with Crippen molar-refractivity contribution >= 4 is 34.3 Å². The molecule has 0 saturated carbocycles. The molecule has 0 spiro atoms. The Morgan fingerprint density at radius 2 is 2.30 bits per heavy atom. The van der Waals surface area contributed by atoms with Gasteiger partial charge in [0.25, 0.3) is 5.65 Å². The first-order chi connectivity index (χ1) is 9.83. The lowest BCUT2D eigenvalue weighted by Gasteiger charge is -2.08. The predicted molar refractivity (Wildman–Crippen MR) is 78.0 cm³/mol. The summed E-state index contributed by atoms with van der Waals surface area (Å²) in [6.45, 7) is 1.61. The second-order valence-corrected chi connectivity index (χ2v) is 5.53. The van der Waals surface area contributed by atoms with E-state index >= 15 is 0 Å². The van der Waals surface area contributed by atoms with Crippen LogP contribution in [0.4, 0.5) is 0 Å². The predicted octanol–water partition coefficient (Wildman–Crippen LogP) is 2.24. The first-order valence-electron chi connectivity index (χ1n) is 6.83. The van der Waals surface area contributed by atoms with Gasteiger partial charge in [0.15, 0.2) is 5.52 Å². The minimum absolute atomic E-state index is 0.243. The second-order valence-electron chi connectivity index (χ2n) is 5.14. The van der Waals surface area contributed by atoms with Crippen molar-refractivity contribution in [3.63, 3.8) is 0 Å². The topological polar surface area (TPSA) is 57.6 Å². The van der Waals surface area contributed by atoms with Crippen LogP contribution in [-0.2, 0) is 11.3 Å². The lowest BCUT2D eigenvalue weighted by atomic mass is 10.2. The number of nitrogens with zero attached hydrogens (tertiary/aromatic N) is 2. The Kier molecular flexibility index (Phi) is 2.78. The van der Waals surface area contributed by atoms with Gasteiger partial charge in [-0.05, 0) is 37.2 Å². The summed E-state index contributed by atoms with van der Waals surface area (Å²) in [7, 11) is 0. The summed E-state index contributed by atoms with van der Waals surface area (Å²) in [4.78, 5) is 3.42. The van der Waals surface area contributed by atoms with Gasteiger partial charge in [0, 0.05) is 12.0 Å². The molecular formula is C14H15N4OS+. The minimum Gasteiger partial charge on any atom is -0.375 e. The first-order valence-corrected chi connectivity index (χ1v) is 7.24. The Bertz CT molecular complexity index is 832. The van der Waals surface area contributed by atoms with E-state index in [0.717, 1.165) is 48.1 Å². The highest BCUT2D eigenvalue weighted by molar-refractivity contribution is 7.71. The number of rotatable bonds is 2. The van der Waals surface area contributed by atoms with Gasteiger partial charge in [0.05, 0.1) is 12.6 Å². The largest absolute Gasteiger partial charge is 0.375 e. The molecule has 1 aromatic carbocycles. The molecule has 0 unspecified atom stereocenters. The molecule has 0 bridgehead atoms. The second kappa shape index (κ2) is 4.64. The van der Waals surface area contributed by atoms with E-state index < -0.39 is 0 Å². The van der Waals surface area contributed by atoms with Crippen LogP contribution >= 0.6 is 12.2 Å². The third-order valence-electron chi connectivity index (χ3n) is 3.85. The Morgan fingerprint density at radius 3 is 3.15 bits per heavy atom. The Hall–Kier alpha value is -1.79. The van der Waals surface area contributed by atoms with Crippen LogP contribution in [-0.4, -0.2) is 27.9 Å². The van der Waals surface area contributed by atoms with Crippen molar-refractivity contribution in [2.45, 2.75) is 25.5 Å². The summed E-state index contributed by atoms with van der Waals surface area (Å²) in [5, 5.41) is 8.44. The molecule has 102 valence electrons. The Labute approximate surface area is 120 Å². The number of H-pyrrole nitrogens is 2. The molecule has 5 nitrogen and oxygen atoms in total. The highest BCUT2D eigenvalue weighted by atomic mass is 32.1. The molecule has 0 radical (unpaired) electrons. The maximum Gasteiger partial charge on any atom is 0.314 e. The van der Waals surface area contributed by atoms with Crippen molar-refractivity contribution in [3.8, 4) is 0 Å². The molecule has 3 heterocycles. The molecule has 1 atom stereocenters. The van der Waals surface area contributed by atoms with Gasteiger partial charge >= 0.3 is 4.77 Å². The molecular weight excluding hydrogens is 272 g/mol. The van der Waals surface area contributed by atoms with Gasteiger partial charge in [-0.2, -0.15) is 5.10 Å². The monoisotopic (exact) mass is 287 g/mol. The van der Waals surface area contributed by atoms with Crippen LogP contribution in [0.2, 0.25) is 0 Å². The molecule has 0 amide bonds. The normalized spacial score (nSPS) is 19.1. The summed E-state index contributed by atoms with van der Waals surface area (Å²) in [5.41, 5.74) is 2.96. The number of aromatic nitrogens is 4. The molecule has 1 aliphatic heterocycles. The fraction of sp³-hybridized carbons (Fsp3) is 0.357. The molecule has 2 aromatic heterocycles. The van der Waals surface area contributed by atoms with Crippen LogP contribution < -0.4 is 4.57 Å². The van der Waals surface area contributed by atoms with E-state index in [9.17, 15) is 0 Å². The summed E-state index contributed by atoms with van der Waals surface area (Å²) < 4.78 is 8.41. The average Bonchev–Trinajstić information content (AvgIpc) is 3.09. The highest BCUT2D eigenvalue weighted by Crippen LogP contribution is 2.21. The fourth-order valence-electron chi connectivity index (χ4n) is 2.85. The van der Waals surface area contributed by atoms with E-state index in [4.69, 9.17) is 17.0 Å². The van der Waals surface area contributed by atoms with Crippen LogP contribution in [0.1, 0.15) is 12.8 Å². The van der Waals surface area contributed by atoms with E-state index in [-0.39, 0.29) is 6.10 Å². The summed E-state index contributed by atoms with van der Waals surface area (Å²) >= 11 is 5.39. The first kappa shape index (κ1) is 12.0. The molecule has 2 N–H and O–H groups in total. The van der Waals surface area contributed by atoms with Crippen molar-refractivity contribution < 1.29 is 9.30 Å². The number of aromatic amines is 2.